The minimum absolute atomic E-state index is 0.0371. The first-order valence-electron chi connectivity index (χ1n) is 7.78. The molecule has 0 aliphatic carbocycles. The molecular weight excluding hydrogens is 350 g/mol. The molecule has 1 amide bonds. The number of likely N-dealkylation sites (N-methyl/N-ethyl adjacent to an activating group) is 1. The number of amidine groups is 1. The van der Waals surface area contributed by atoms with Gasteiger partial charge in [-0.05, 0) is 41.1 Å². The number of benzene rings is 2. The van der Waals surface area contributed by atoms with E-state index in [0.29, 0.717) is 15.2 Å². The summed E-state index contributed by atoms with van der Waals surface area (Å²) in [6.07, 6.45) is 1.95. The largest absolute Gasteiger partial charge is 0.289 e. The molecule has 0 unspecified atom stereocenters. The van der Waals surface area contributed by atoms with E-state index >= 15 is 0 Å². The molecule has 6 heteroatoms. The highest BCUT2D eigenvalue weighted by Crippen LogP contribution is 2.34. The molecule has 0 saturated carbocycles. The molecule has 1 aliphatic heterocycles. The van der Waals surface area contributed by atoms with Crippen molar-refractivity contribution < 1.29 is 4.79 Å². The van der Waals surface area contributed by atoms with Gasteiger partial charge in [-0.2, -0.15) is 4.99 Å². The Labute approximate surface area is 153 Å². The number of aromatic nitrogens is 1. The highest BCUT2D eigenvalue weighted by atomic mass is 32.2. The zero-order valence-corrected chi connectivity index (χ0v) is 15.4. The molecule has 124 valence electrons. The Morgan fingerprint density at radius 1 is 1.16 bits per heavy atom. The Morgan fingerprint density at radius 2 is 1.96 bits per heavy atom. The second kappa shape index (κ2) is 6.46. The van der Waals surface area contributed by atoms with Crippen molar-refractivity contribution >= 4 is 56.2 Å². The lowest BCUT2D eigenvalue weighted by atomic mass is 10.0. The van der Waals surface area contributed by atoms with Crippen LogP contribution in [0.5, 0.6) is 0 Å². The zero-order valence-electron chi connectivity index (χ0n) is 13.8. The molecule has 2 aromatic carbocycles. The van der Waals surface area contributed by atoms with Gasteiger partial charge in [0, 0.05) is 12.4 Å². The highest BCUT2D eigenvalue weighted by Gasteiger charge is 2.30. The lowest BCUT2D eigenvalue weighted by Gasteiger charge is -2.06. The number of nitrogens with zero attached hydrogens (tertiary/aromatic N) is 3. The van der Waals surface area contributed by atoms with Gasteiger partial charge in [0.05, 0.1) is 10.6 Å². The number of thiazole rings is 1. The smallest absolute Gasteiger partial charge is 0.266 e. The van der Waals surface area contributed by atoms with Gasteiger partial charge in [0.2, 0.25) is 5.13 Å². The molecule has 1 aromatic heterocycles. The Bertz CT molecular complexity index is 1030. The zero-order chi connectivity index (χ0) is 17.4. The van der Waals surface area contributed by atoms with E-state index in [2.05, 4.69) is 28.2 Å². The van der Waals surface area contributed by atoms with Crippen LogP contribution in [0, 0.1) is 6.92 Å². The predicted molar refractivity (Wildman–Crippen MR) is 106 cm³/mol. The fourth-order valence-corrected chi connectivity index (χ4v) is 4.33. The molecule has 1 fully saturated rings. The van der Waals surface area contributed by atoms with Crippen molar-refractivity contribution in [2.45, 2.75) is 6.92 Å². The molecule has 0 bridgehead atoms. The summed E-state index contributed by atoms with van der Waals surface area (Å²) in [5.74, 6) is -0.0371. The third-order valence-corrected chi connectivity index (χ3v) is 5.82. The Balaban J connectivity index is 1.72. The van der Waals surface area contributed by atoms with Crippen molar-refractivity contribution in [1.82, 2.24) is 9.88 Å². The van der Waals surface area contributed by atoms with Crippen LogP contribution in [0.25, 0.3) is 16.8 Å². The van der Waals surface area contributed by atoms with Gasteiger partial charge < -0.3 is 0 Å². The van der Waals surface area contributed by atoms with Gasteiger partial charge in [-0.25, -0.2) is 4.98 Å². The molecule has 25 heavy (non-hydrogen) atoms. The van der Waals surface area contributed by atoms with Crippen molar-refractivity contribution in [2.24, 2.45) is 4.99 Å². The molecule has 4 rings (SSSR count). The number of carbonyl (C=O) groups is 1. The molecule has 4 nitrogen and oxygen atoms in total. The Hall–Kier alpha value is -2.44. The van der Waals surface area contributed by atoms with Crippen molar-refractivity contribution in [3.63, 3.8) is 0 Å². The summed E-state index contributed by atoms with van der Waals surface area (Å²) in [4.78, 5) is 23.7. The average Bonchev–Trinajstić information content (AvgIpc) is 3.14. The van der Waals surface area contributed by atoms with Crippen LogP contribution < -0.4 is 0 Å². The second-order valence-electron chi connectivity index (χ2n) is 5.71. The van der Waals surface area contributed by atoms with E-state index in [0.717, 1.165) is 22.0 Å². The number of rotatable bonds is 2. The van der Waals surface area contributed by atoms with Crippen LogP contribution in [0.3, 0.4) is 0 Å². The molecule has 1 saturated heterocycles. The van der Waals surface area contributed by atoms with Crippen molar-refractivity contribution in [2.75, 3.05) is 7.05 Å². The van der Waals surface area contributed by atoms with Crippen LogP contribution >= 0.6 is 23.1 Å². The van der Waals surface area contributed by atoms with Crippen molar-refractivity contribution in [3.8, 4) is 0 Å². The lowest BCUT2D eigenvalue weighted by molar-refractivity contribution is -0.121. The number of amides is 1. The summed E-state index contributed by atoms with van der Waals surface area (Å²) in [6, 6.07) is 14.3. The number of fused-ring (bicyclic) bond motifs is 1. The molecule has 0 atom stereocenters. The third kappa shape index (κ3) is 3.10. The maximum absolute atomic E-state index is 12.6. The topological polar surface area (TPSA) is 45.6 Å². The molecule has 1 aliphatic rings. The molecule has 0 radical (unpaired) electrons. The number of thioether (sulfide) groups is 1. The lowest BCUT2D eigenvalue weighted by Crippen LogP contribution is -2.23. The van der Waals surface area contributed by atoms with E-state index in [1.54, 1.807) is 11.9 Å². The number of aryl methyl sites for hydroxylation is 1. The predicted octanol–water partition coefficient (Wildman–Crippen LogP) is 4.84. The van der Waals surface area contributed by atoms with Gasteiger partial charge in [0.1, 0.15) is 0 Å². The number of carbonyl (C=O) groups excluding carboxylic acids is 1. The summed E-state index contributed by atoms with van der Waals surface area (Å²) in [7, 11) is 1.75. The van der Waals surface area contributed by atoms with Gasteiger partial charge >= 0.3 is 0 Å². The van der Waals surface area contributed by atoms with Gasteiger partial charge in [0.25, 0.3) is 5.91 Å². The van der Waals surface area contributed by atoms with Crippen LogP contribution in [0.2, 0.25) is 0 Å². The quantitative estimate of drug-likeness (QED) is 0.611. The van der Waals surface area contributed by atoms with Crippen molar-refractivity contribution in [1.29, 1.82) is 0 Å². The fraction of sp³-hybridized carbons (Fsp3) is 0.105. The average molecular weight is 365 g/mol. The first-order valence-corrected chi connectivity index (χ1v) is 9.47. The van der Waals surface area contributed by atoms with E-state index in [4.69, 9.17) is 0 Å². The number of hydrogen-bond donors (Lipinski definition) is 0. The van der Waals surface area contributed by atoms with Crippen molar-refractivity contribution in [3.05, 3.63) is 64.0 Å². The van der Waals surface area contributed by atoms with Crippen LogP contribution in [-0.4, -0.2) is 28.0 Å². The van der Waals surface area contributed by atoms with Gasteiger partial charge in [-0.15, -0.1) is 11.3 Å². The molecule has 2 heterocycles. The fourth-order valence-electron chi connectivity index (χ4n) is 2.64. The maximum Gasteiger partial charge on any atom is 0.266 e. The van der Waals surface area contributed by atoms with Crippen LogP contribution in [0.15, 0.2) is 57.7 Å². The minimum Gasteiger partial charge on any atom is -0.289 e. The van der Waals surface area contributed by atoms with E-state index in [1.165, 1.54) is 23.1 Å². The van der Waals surface area contributed by atoms with Crippen LogP contribution in [0.4, 0.5) is 5.13 Å². The third-order valence-electron chi connectivity index (χ3n) is 3.91. The van der Waals surface area contributed by atoms with E-state index in [1.807, 2.05) is 42.6 Å². The van der Waals surface area contributed by atoms with Gasteiger partial charge in [-0.3, -0.25) is 9.69 Å². The molecule has 0 N–H and O–H groups in total. The summed E-state index contributed by atoms with van der Waals surface area (Å²) in [6.45, 7) is 1.93. The van der Waals surface area contributed by atoms with E-state index < -0.39 is 0 Å². The maximum atomic E-state index is 12.6. The molecular formula is C19H15N3OS2. The van der Waals surface area contributed by atoms with E-state index in [-0.39, 0.29) is 5.91 Å². The minimum atomic E-state index is -0.0371. The van der Waals surface area contributed by atoms with Crippen LogP contribution in [0.1, 0.15) is 11.3 Å². The van der Waals surface area contributed by atoms with Gasteiger partial charge in [0.15, 0.2) is 5.17 Å². The molecule has 3 aromatic rings. The van der Waals surface area contributed by atoms with Crippen LogP contribution in [-0.2, 0) is 4.79 Å². The normalized spacial score (nSPS) is 18.0. The summed E-state index contributed by atoms with van der Waals surface area (Å²) < 4.78 is 0. The second-order valence-corrected chi connectivity index (χ2v) is 7.55. The first kappa shape index (κ1) is 16.1. The summed E-state index contributed by atoms with van der Waals surface area (Å²) >= 11 is 2.87. The Kier molecular flexibility index (Phi) is 4.15. The standard InChI is InChI=1S/C19H15N3OS2/c1-12-11-24-18(20-12)21-19-22(2)17(23)16(25-19)10-14-8-5-7-13-6-3-4-9-15(13)14/h3-11H,1-2H3/b16-10-,21-19+. The monoisotopic (exact) mass is 365 g/mol. The van der Waals surface area contributed by atoms with E-state index in [9.17, 15) is 4.79 Å². The summed E-state index contributed by atoms with van der Waals surface area (Å²) in [5, 5.41) is 5.58. The molecule has 0 spiro atoms. The summed E-state index contributed by atoms with van der Waals surface area (Å²) in [5.41, 5.74) is 1.97. The number of aliphatic imine (C=N–C) groups is 1. The Morgan fingerprint density at radius 3 is 2.76 bits per heavy atom. The number of hydrogen-bond acceptors (Lipinski definition) is 5. The first-order chi connectivity index (χ1) is 12.1. The SMILES string of the molecule is Cc1csc(/N=C2/S/C(=C\c3cccc4ccccc34)C(=O)N2C)n1. The van der Waals surface area contributed by atoms with Gasteiger partial charge in [-0.1, -0.05) is 42.5 Å². The highest BCUT2D eigenvalue weighted by molar-refractivity contribution is 8.18.